The molecular weight excluding hydrogens is 540 g/mol. The standard InChI is InChI=1S/C30H34Cl2FN3O3/c31-17-8-13-21-23(16-17)35-28(39)30(21)24(20-6-5-7-22(32)25(20)33)26(36-29(30)14-3-1-2-4-15-29)27(38)34-18-9-11-19(37)12-10-18/h5-8,13,16,18-19,24,26,36-37H,1-4,9-12,14-15H2,(H,34,38)(H,35,39)/t18?,19?,24-,26+,30?/m0/s1. The molecule has 1 saturated heterocycles. The molecule has 4 N–H and O–H groups in total. The smallest absolute Gasteiger partial charge is 0.238 e. The third-order valence-electron chi connectivity index (χ3n) is 9.60. The molecule has 9 heteroatoms. The molecule has 2 aliphatic heterocycles. The molecule has 39 heavy (non-hydrogen) atoms. The van der Waals surface area contributed by atoms with Crippen LogP contribution in [0, 0.1) is 5.82 Å². The number of rotatable bonds is 3. The van der Waals surface area contributed by atoms with E-state index in [1.807, 2.05) is 6.07 Å². The normalized spacial score (nSPS) is 31.6. The van der Waals surface area contributed by atoms with Gasteiger partial charge >= 0.3 is 0 Å². The van der Waals surface area contributed by atoms with Crippen molar-refractivity contribution in [2.24, 2.45) is 0 Å². The second-order valence-corrected chi connectivity index (χ2v) is 12.5. The topological polar surface area (TPSA) is 90.5 Å². The lowest BCUT2D eigenvalue weighted by Crippen LogP contribution is -2.59. The second kappa shape index (κ2) is 10.3. The summed E-state index contributed by atoms with van der Waals surface area (Å²) in [7, 11) is 0. The quantitative estimate of drug-likeness (QED) is 0.385. The van der Waals surface area contributed by atoms with E-state index in [-0.39, 0.29) is 34.5 Å². The zero-order valence-electron chi connectivity index (χ0n) is 21.7. The first kappa shape index (κ1) is 27.0. The van der Waals surface area contributed by atoms with E-state index >= 15 is 4.39 Å². The average Bonchev–Trinajstić information content (AvgIpc) is 3.23. The number of nitrogens with one attached hydrogen (secondary N) is 3. The molecule has 2 saturated carbocycles. The van der Waals surface area contributed by atoms with Gasteiger partial charge in [0.05, 0.1) is 17.2 Å². The van der Waals surface area contributed by atoms with E-state index in [0.29, 0.717) is 49.2 Å². The summed E-state index contributed by atoms with van der Waals surface area (Å²) in [6.45, 7) is 0. The monoisotopic (exact) mass is 573 g/mol. The van der Waals surface area contributed by atoms with Crippen molar-refractivity contribution in [2.45, 2.75) is 99.3 Å². The average molecular weight is 575 g/mol. The summed E-state index contributed by atoms with van der Waals surface area (Å²) in [4.78, 5) is 28.6. The lowest BCUT2D eigenvalue weighted by Gasteiger charge is -2.44. The number of carbonyl (C=O) groups excluding carboxylic acids is 2. The van der Waals surface area contributed by atoms with Crippen LogP contribution in [0.5, 0.6) is 0 Å². The van der Waals surface area contributed by atoms with Crippen LogP contribution in [0.1, 0.15) is 81.3 Å². The number of aliphatic hydroxyl groups excluding tert-OH is 1. The Morgan fingerprint density at radius 2 is 1.74 bits per heavy atom. The molecule has 1 unspecified atom stereocenters. The van der Waals surface area contributed by atoms with Crippen molar-refractivity contribution < 1.29 is 19.1 Å². The van der Waals surface area contributed by atoms with E-state index in [2.05, 4.69) is 16.0 Å². The first-order chi connectivity index (χ1) is 18.8. The van der Waals surface area contributed by atoms with Crippen molar-refractivity contribution in [3.63, 3.8) is 0 Å². The Labute approximate surface area is 238 Å². The highest BCUT2D eigenvalue weighted by atomic mass is 35.5. The maximum atomic E-state index is 16.0. The van der Waals surface area contributed by atoms with Gasteiger partial charge in [0, 0.05) is 28.2 Å². The second-order valence-electron chi connectivity index (χ2n) is 11.7. The van der Waals surface area contributed by atoms with Crippen LogP contribution < -0.4 is 16.0 Å². The molecule has 2 aliphatic carbocycles. The molecule has 208 valence electrons. The van der Waals surface area contributed by atoms with Gasteiger partial charge < -0.3 is 15.7 Å². The van der Waals surface area contributed by atoms with E-state index in [9.17, 15) is 14.7 Å². The Hall–Kier alpha value is -2.19. The van der Waals surface area contributed by atoms with Crippen molar-refractivity contribution in [2.75, 3.05) is 5.32 Å². The van der Waals surface area contributed by atoms with Crippen LogP contribution in [-0.2, 0) is 15.0 Å². The summed E-state index contributed by atoms with van der Waals surface area (Å²) < 4.78 is 16.0. The van der Waals surface area contributed by atoms with Crippen LogP contribution in [-0.4, -0.2) is 40.6 Å². The maximum absolute atomic E-state index is 16.0. The predicted molar refractivity (Wildman–Crippen MR) is 150 cm³/mol. The molecule has 6 nitrogen and oxygen atoms in total. The molecule has 4 aliphatic rings. The van der Waals surface area contributed by atoms with Crippen LogP contribution >= 0.6 is 23.2 Å². The van der Waals surface area contributed by atoms with Crippen LogP contribution in [0.3, 0.4) is 0 Å². The molecule has 3 fully saturated rings. The van der Waals surface area contributed by atoms with Crippen LogP contribution in [0.4, 0.5) is 10.1 Å². The summed E-state index contributed by atoms with van der Waals surface area (Å²) in [5.74, 6) is -1.94. The summed E-state index contributed by atoms with van der Waals surface area (Å²) in [6, 6.07) is 9.24. The summed E-state index contributed by atoms with van der Waals surface area (Å²) >= 11 is 12.6. The van der Waals surface area contributed by atoms with Crippen LogP contribution in [0.2, 0.25) is 10.0 Å². The number of carbonyl (C=O) groups is 2. The zero-order chi connectivity index (χ0) is 27.4. The van der Waals surface area contributed by atoms with Gasteiger partial charge in [-0.05, 0) is 67.9 Å². The number of aliphatic hydroxyl groups is 1. The fourth-order valence-corrected chi connectivity index (χ4v) is 8.26. The molecule has 2 amide bonds. The number of benzene rings is 2. The van der Waals surface area contributed by atoms with E-state index in [1.165, 1.54) is 6.07 Å². The minimum absolute atomic E-state index is 0.0420. The van der Waals surface area contributed by atoms with Gasteiger partial charge in [0.25, 0.3) is 0 Å². The van der Waals surface area contributed by atoms with Gasteiger partial charge in [-0.3, -0.25) is 14.9 Å². The number of amides is 2. The van der Waals surface area contributed by atoms with Crippen molar-refractivity contribution in [1.29, 1.82) is 0 Å². The number of anilines is 1. The highest BCUT2D eigenvalue weighted by Crippen LogP contribution is 2.62. The lowest BCUT2D eigenvalue weighted by molar-refractivity contribution is -0.124. The number of halogens is 3. The van der Waals surface area contributed by atoms with E-state index in [0.717, 1.165) is 31.2 Å². The van der Waals surface area contributed by atoms with Crippen LogP contribution in [0.25, 0.3) is 0 Å². The molecule has 2 aromatic carbocycles. The zero-order valence-corrected chi connectivity index (χ0v) is 23.3. The fourth-order valence-electron chi connectivity index (χ4n) is 7.91. The molecule has 2 spiro atoms. The minimum atomic E-state index is -1.24. The van der Waals surface area contributed by atoms with Gasteiger partial charge in [0.2, 0.25) is 11.8 Å². The van der Waals surface area contributed by atoms with Crippen molar-refractivity contribution >= 4 is 40.7 Å². The molecule has 2 heterocycles. The third kappa shape index (κ3) is 4.28. The number of hydrogen-bond donors (Lipinski definition) is 4. The third-order valence-corrected chi connectivity index (χ3v) is 10.1. The molecular formula is C30H34Cl2FN3O3. The Morgan fingerprint density at radius 1 is 1.03 bits per heavy atom. The van der Waals surface area contributed by atoms with Gasteiger partial charge in [-0.25, -0.2) is 4.39 Å². The number of fused-ring (bicyclic) bond motifs is 3. The van der Waals surface area contributed by atoms with Gasteiger partial charge in [0.15, 0.2) is 0 Å². The van der Waals surface area contributed by atoms with Crippen LogP contribution in [0.15, 0.2) is 36.4 Å². The van der Waals surface area contributed by atoms with Crippen molar-refractivity contribution in [1.82, 2.24) is 10.6 Å². The van der Waals surface area contributed by atoms with Crippen molar-refractivity contribution in [3.05, 3.63) is 63.4 Å². The van der Waals surface area contributed by atoms with Gasteiger partial charge in [-0.15, -0.1) is 0 Å². The Bertz CT molecular complexity index is 1290. The maximum Gasteiger partial charge on any atom is 0.238 e. The van der Waals surface area contributed by atoms with E-state index in [4.69, 9.17) is 23.2 Å². The van der Waals surface area contributed by atoms with E-state index in [1.54, 1.807) is 24.3 Å². The SMILES string of the molecule is O=C(NC1CCC(O)CC1)[C@@H]1NC2(CCCCCC2)C2(C(=O)Nc3cc(Cl)ccc32)[C@H]1c1cccc(Cl)c1F. The first-order valence-electron chi connectivity index (χ1n) is 14.1. The summed E-state index contributed by atoms with van der Waals surface area (Å²) in [6.07, 6.45) is 7.47. The molecule has 2 aromatic rings. The van der Waals surface area contributed by atoms with Crippen molar-refractivity contribution in [3.8, 4) is 0 Å². The Morgan fingerprint density at radius 3 is 2.46 bits per heavy atom. The van der Waals surface area contributed by atoms with Gasteiger partial charge in [-0.1, -0.05) is 67.1 Å². The van der Waals surface area contributed by atoms with Gasteiger partial charge in [0.1, 0.15) is 11.2 Å². The number of hydrogen-bond acceptors (Lipinski definition) is 4. The first-order valence-corrected chi connectivity index (χ1v) is 14.8. The molecule has 0 bridgehead atoms. The fraction of sp³-hybridized carbons (Fsp3) is 0.533. The Balaban J connectivity index is 1.54. The van der Waals surface area contributed by atoms with E-state index < -0.39 is 28.7 Å². The Kier molecular flexibility index (Phi) is 7.15. The summed E-state index contributed by atoms with van der Waals surface area (Å²) in [5.41, 5.74) is -0.405. The predicted octanol–water partition coefficient (Wildman–Crippen LogP) is 5.59. The molecule has 3 atom stereocenters. The summed E-state index contributed by atoms with van der Waals surface area (Å²) in [5, 5.41) is 20.4. The minimum Gasteiger partial charge on any atom is -0.393 e. The largest absolute Gasteiger partial charge is 0.393 e. The molecule has 0 radical (unpaired) electrons. The van der Waals surface area contributed by atoms with Gasteiger partial charge in [-0.2, -0.15) is 0 Å². The molecule has 6 rings (SSSR count). The molecule has 0 aromatic heterocycles. The highest BCUT2D eigenvalue weighted by Gasteiger charge is 2.72. The highest BCUT2D eigenvalue weighted by molar-refractivity contribution is 6.31. The lowest BCUT2D eigenvalue weighted by atomic mass is 9.57.